The molecule has 2 aromatic heterocycles. The number of nitrogens with zero attached hydrogens (tertiary/aromatic N) is 2. The fourth-order valence-electron chi connectivity index (χ4n) is 1.88. The molecule has 3 aromatic rings. The molecular weight excluding hydrogens is 260 g/mol. The number of primary amides is 1. The first-order chi connectivity index (χ1) is 9.15. The van der Waals surface area contributed by atoms with Crippen LogP contribution in [0.2, 0.25) is 0 Å². The molecule has 19 heavy (non-hydrogen) atoms. The van der Waals surface area contributed by atoms with Crippen molar-refractivity contribution in [3.63, 3.8) is 0 Å². The van der Waals surface area contributed by atoms with Crippen molar-refractivity contribution in [3.8, 4) is 11.3 Å². The van der Waals surface area contributed by atoms with Gasteiger partial charge in [-0.2, -0.15) is 0 Å². The Morgan fingerprint density at radius 2 is 1.89 bits per heavy atom. The van der Waals surface area contributed by atoms with Gasteiger partial charge in [0.2, 0.25) is 5.95 Å². The van der Waals surface area contributed by atoms with Crippen molar-refractivity contribution < 1.29 is 4.79 Å². The van der Waals surface area contributed by atoms with Gasteiger partial charge < -0.3 is 11.5 Å². The smallest absolute Gasteiger partial charge is 0.258 e. The van der Waals surface area contributed by atoms with Crippen molar-refractivity contribution in [1.29, 1.82) is 0 Å². The first-order valence-corrected chi connectivity index (χ1v) is 6.39. The highest BCUT2D eigenvalue weighted by Crippen LogP contribution is 2.32. The van der Waals surface area contributed by atoms with E-state index >= 15 is 0 Å². The topological polar surface area (TPSA) is 94.9 Å². The first kappa shape index (κ1) is 11.6. The molecule has 0 spiro atoms. The SMILES string of the molecule is NC(=O)c1cc2c(-c3ccccc3)nc(N)nc2s1. The summed E-state index contributed by atoms with van der Waals surface area (Å²) in [5.74, 6) is -0.287. The molecule has 0 radical (unpaired) electrons. The standard InChI is InChI=1S/C13H10N4OS/c14-11(18)9-6-8-10(7-4-2-1-3-5-7)16-13(15)17-12(8)19-9/h1-6H,(H2,14,18)(H2,15,16,17). The number of hydrogen-bond donors (Lipinski definition) is 2. The van der Waals surface area contributed by atoms with Gasteiger partial charge in [0.25, 0.3) is 5.91 Å². The van der Waals surface area contributed by atoms with E-state index in [0.717, 1.165) is 10.9 Å². The number of aromatic nitrogens is 2. The number of rotatable bonds is 2. The van der Waals surface area contributed by atoms with Crippen molar-refractivity contribution in [3.05, 3.63) is 41.3 Å². The number of nitrogen functional groups attached to an aromatic ring is 1. The average molecular weight is 270 g/mol. The van der Waals surface area contributed by atoms with Gasteiger partial charge in [-0.05, 0) is 6.07 Å². The van der Waals surface area contributed by atoms with E-state index in [9.17, 15) is 4.79 Å². The Morgan fingerprint density at radius 1 is 1.16 bits per heavy atom. The van der Waals surface area contributed by atoms with E-state index in [2.05, 4.69) is 9.97 Å². The van der Waals surface area contributed by atoms with Gasteiger partial charge in [0.05, 0.1) is 10.6 Å². The number of anilines is 1. The molecule has 0 saturated heterocycles. The van der Waals surface area contributed by atoms with Gasteiger partial charge in [-0.15, -0.1) is 11.3 Å². The van der Waals surface area contributed by atoms with Crippen LogP contribution < -0.4 is 11.5 Å². The van der Waals surface area contributed by atoms with Crippen LogP contribution in [-0.2, 0) is 0 Å². The Labute approximate surface area is 112 Å². The number of thiophene rings is 1. The molecule has 4 N–H and O–H groups in total. The van der Waals surface area contributed by atoms with Crippen LogP contribution in [0.4, 0.5) is 5.95 Å². The average Bonchev–Trinajstić information content (AvgIpc) is 2.82. The molecule has 0 fully saturated rings. The normalized spacial score (nSPS) is 10.7. The van der Waals surface area contributed by atoms with Crippen LogP contribution in [0.5, 0.6) is 0 Å². The van der Waals surface area contributed by atoms with Gasteiger partial charge in [0.15, 0.2) is 0 Å². The van der Waals surface area contributed by atoms with Crippen LogP contribution in [0.25, 0.3) is 21.5 Å². The third kappa shape index (κ3) is 2.02. The number of nitrogens with two attached hydrogens (primary N) is 2. The largest absolute Gasteiger partial charge is 0.368 e. The maximum atomic E-state index is 11.3. The molecular formula is C13H10N4OS. The lowest BCUT2D eigenvalue weighted by molar-refractivity contribution is 0.100. The summed E-state index contributed by atoms with van der Waals surface area (Å²) in [6.07, 6.45) is 0. The summed E-state index contributed by atoms with van der Waals surface area (Å²) in [7, 11) is 0. The molecule has 94 valence electrons. The second kappa shape index (κ2) is 4.33. The lowest BCUT2D eigenvalue weighted by atomic mass is 10.1. The van der Waals surface area contributed by atoms with Crippen LogP contribution in [-0.4, -0.2) is 15.9 Å². The zero-order chi connectivity index (χ0) is 13.4. The Kier molecular flexibility index (Phi) is 2.64. The summed E-state index contributed by atoms with van der Waals surface area (Å²) in [6.45, 7) is 0. The summed E-state index contributed by atoms with van der Waals surface area (Å²) in [6, 6.07) is 11.3. The molecule has 0 bridgehead atoms. The lowest BCUT2D eigenvalue weighted by Crippen LogP contribution is -2.08. The quantitative estimate of drug-likeness (QED) is 0.745. The zero-order valence-electron chi connectivity index (χ0n) is 9.83. The van der Waals surface area contributed by atoms with E-state index in [1.54, 1.807) is 6.07 Å². The van der Waals surface area contributed by atoms with E-state index in [1.807, 2.05) is 30.3 Å². The molecule has 0 unspecified atom stereocenters. The summed E-state index contributed by atoms with van der Waals surface area (Å²) < 4.78 is 0. The van der Waals surface area contributed by atoms with E-state index in [0.29, 0.717) is 15.4 Å². The van der Waals surface area contributed by atoms with E-state index < -0.39 is 5.91 Å². The predicted octanol–water partition coefficient (Wildman–Crippen LogP) is 2.04. The number of hydrogen-bond acceptors (Lipinski definition) is 5. The molecule has 0 aliphatic carbocycles. The van der Waals surface area contributed by atoms with E-state index in [-0.39, 0.29) is 5.95 Å². The van der Waals surface area contributed by atoms with Crippen molar-refractivity contribution >= 4 is 33.4 Å². The number of carbonyl (C=O) groups is 1. The third-order valence-corrected chi connectivity index (χ3v) is 3.74. The van der Waals surface area contributed by atoms with Gasteiger partial charge >= 0.3 is 0 Å². The highest BCUT2D eigenvalue weighted by Gasteiger charge is 2.14. The van der Waals surface area contributed by atoms with E-state index in [1.165, 1.54) is 11.3 Å². The van der Waals surface area contributed by atoms with Gasteiger partial charge in [-0.25, -0.2) is 9.97 Å². The number of fused-ring (bicyclic) bond motifs is 1. The van der Waals surface area contributed by atoms with Crippen molar-refractivity contribution in [1.82, 2.24) is 9.97 Å². The van der Waals surface area contributed by atoms with Gasteiger partial charge in [0.1, 0.15) is 4.83 Å². The molecule has 3 rings (SSSR count). The van der Waals surface area contributed by atoms with Gasteiger partial charge in [-0.3, -0.25) is 4.79 Å². The Morgan fingerprint density at radius 3 is 2.58 bits per heavy atom. The minimum atomic E-state index is -0.472. The third-order valence-electron chi connectivity index (χ3n) is 2.70. The van der Waals surface area contributed by atoms with Crippen molar-refractivity contribution in [2.24, 2.45) is 5.73 Å². The predicted molar refractivity (Wildman–Crippen MR) is 75.8 cm³/mol. The molecule has 0 aliphatic rings. The summed E-state index contributed by atoms with van der Waals surface area (Å²) in [4.78, 5) is 20.8. The van der Waals surface area contributed by atoms with Crippen molar-refractivity contribution in [2.45, 2.75) is 0 Å². The van der Waals surface area contributed by atoms with Crippen LogP contribution in [0.3, 0.4) is 0 Å². The van der Waals surface area contributed by atoms with Gasteiger partial charge in [0, 0.05) is 10.9 Å². The lowest BCUT2D eigenvalue weighted by Gasteiger charge is -2.03. The molecule has 0 aliphatic heterocycles. The van der Waals surface area contributed by atoms with Crippen LogP contribution in [0.1, 0.15) is 9.67 Å². The Balaban J connectivity index is 2.32. The zero-order valence-corrected chi connectivity index (χ0v) is 10.6. The molecule has 0 atom stereocenters. The minimum Gasteiger partial charge on any atom is -0.368 e. The van der Waals surface area contributed by atoms with Crippen LogP contribution in [0.15, 0.2) is 36.4 Å². The maximum Gasteiger partial charge on any atom is 0.258 e. The monoisotopic (exact) mass is 270 g/mol. The molecule has 0 saturated carbocycles. The number of carbonyl (C=O) groups excluding carboxylic acids is 1. The van der Waals surface area contributed by atoms with E-state index in [4.69, 9.17) is 11.5 Å². The minimum absolute atomic E-state index is 0.184. The van der Waals surface area contributed by atoms with Crippen LogP contribution >= 0.6 is 11.3 Å². The van der Waals surface area contributed by atoms with Gasteiger partial charge in [-0.1, -0.05) is 30.3 Å². The second-order valence-corrected chi connectivity index (χ2v) is 5.02. The molecule has 5 nitrogen and oxygen atoms in total. The molecule has 1 aromatic carbocycles. The molecule has 6 heteroatoms. The Hall–Kier alpha value is -2.47. The fourth-order valence-corrected chi connectivity index (χ4v) is 2.77. The molecule has 1 amide bonds. The summed E-state index contributed by atoms with van der Waals surface area (Å²) in [5.41, 5.74) is 12.7. The summed E-state index contributed by atoms with van der Waals surface area (Å²) in [5, 5.41) is 0.791. The number of amides is 1. The van der Waals surface area contributed by atoms with Crippen LogP contribution in [0, 0.1) is 0 Å². The Bertz CT molecular complexity index is 767. The second-order valence-electron chi connectivity index (χ2n) is 3.99. The fraction of sp³-hybridized carbons (Fsp3) is 0. The highest BCUT2D eigenvalue weighted by atomic mass is 32.1. The first-order valence-electron chi connectivity index (χ1n) is 5.57. The highest BCUT2D eigenvalue weighted by molar-refractivity contribution is 7.20. The summed E-state index contributed by atoms with van der Waals surface area (Å²) >= 11 is 1.22. The maximum absolute atomic E-state index is 11.3. The van der Waals surface area contributed by atoms with Crippen molar-refractivity contribution in [2.75, 3.05) is 5.73 Å². The molecule has 2 heterocycles. The number of benzene rings is 1.